The molecule has 15 heavy (non-hydrogen) atoms. The molecule has 1 aliphatic heterocycles. The topological polar surface area (TPSA) is 54.4 Å². The molecule has 0 amide bonds. The highest BCUT2D eigenvalue weighted by Gasteiger charge is 2.31. The molecular weight excluding hydrogens is 212 g/mol. The van der Waals surface area contributed by atoms with E-state index in [1.807, 2.05) is 13.0 Å². The van der Waals surface area contributed by atoms with Gasteiger partial charge in [-0.15, -0.1) is 0 Å². The van der Waals surface area contributed by atoms with Gasteiger partial charge in [0.25, 0.3) is 0 Å². The van der Waals surface area contributed by atoms with Crippen molar-refractivity contribution in [1.29, 1.82) is 0 Å². The van der Waals surface area contributed by atoms with Crippen LogP contribution in [0.4, 0.5) is 0 Å². The van der Waals surface area contributed by atoms with Crippen LogP contribution in [0.1, 0.15) is 24.0 Å². The van der Waals surface area contributed by atoms with E-state index >= 15 is 0 Å². The second-order valence-electron chi connectivity index (χ2n) is 4.03. The molecule has 0 bridgehead atoms. The molecule has 1 N–H and O–H groups in total. The van der Waals surface area contributed by atoms with Gasteiger partial charge in [-0.2, -0.15) is 0 Å². The first-order valence-electron chi connectivity index (χ1n) is 5.01. The van der Waals surface area contributed by atoms with Crippen LogP contribution in [0.2, 0.25) is 0 Å². The molecule has 0 aliphatic carbocycles. The third-order valence-electron chi connectivity index (χ3n) is 2.81. The summed E-state index contributed by atoms with van der Waals surface area (Å²) in [6.45, 7) is 2.02. The Morgan fingerprint density at radius 2 is 2.20 bits per heavy atom. The van der Waals surface area contributed by atoms with Crippen molar-refractivity contribution in [2.45, 2.75) is 24.2 Å². The average molecular weight is 226 g/mol. The first-order chi connectivity index (χ1) is 7.04. The number of benzene rings is 1. The molecule has 3 nitrogen and oxygen atoms in total. The van der Waals surface area contributed by atoms with Crippen LogP contribution in [0.5, 0.6) is 0 Å². The molecule has 82 valence electrons. The highest BCUT2D eigenvalue weighted by molar-refractivity contribution is 7.91. The fraction of sp³-hybridized carbons (Fsp3) is 0.455. The zero-order chi connectivity index (χ0) is 11.1. The van der Waals surface area contributed by atoms with Gasteiger partial charge in [-0.05, 0) is 29.5 Å². The summed E-state index contributed by atoms with van der Waals surface area (Å²) in [7, 11) is -3.05. The minimum absolute atomic E-state index is 0.0728. The Kier molecular flexibility index (Phi) is 2.56. The molecule has 1 aliphatic rings. The number of fused-ring (bicyclic) bond motifs is 1. The van der Waals surface area contributed by atoms with E-state index < -0.39 is 9.84 Å². The molecular formula is C11H14O3S. The molecule has 1 unspecified atom stereocenters. The maximum absolute atomic E-state index is 11.7. The summed E-state index contributed by atoms with van der Waals surface area (Å²) in [5.41, 5.74) is 1.90. The second kappa shape index (κ2) is 3.61. The van der Waals surface area contributed by atoms with E-state index in [0.29, 0.717) is 11.3 Å². The summed E-state index contributed by atoms with van der Waals surface area (Å²) in [6, 6.07) is 5.35. The lowest BCUT2D eigenvalue weighted by Gasteiger charge is -2.04. The largest absolute Gasteiger partial charge is 0.396 e. The molecule has 0 aromatic heterocycles. The van der Waals surface area contributed by atoms with Crippen molar-refractivity contribution in [2.75, 3.05) is 12.4 Å². The van der Waals surface area contributed by atoms with Crippen LogP contribution in [0.25, 0.3) is 0 Å². The standard InChI is InChI=1S/C11H14O3S/c1-8-7-15(13,14)11-3-2-9(4-5-12)6-10(8)11/h2-3,6,8,12H,4-5,7H2,1H3. The zero-order valence-electron chi connectivity index (χ0n) is 8.60. The summed E-state index contributed by atoms with van der Waals surface area (Å²) in [5.74, 6) is 0.286. The highest BCUT2D eigenvalue weighted by atomic mass is 32.2. The fourth-order valence-corrected chi connectivity index (χ4v) is 3.97. The zero-order valence-corrected chi connectivity index (χ0v) is 9.42. The third-order valence-corrected chi connectivity index (χ3v) is 4.79. The molecule has 1 heterocycles. The molecule has 1 atom stereocenters. The first kappa shape index (κ1) is 10.6. The number of sulfone groups is 1. The number of aliphatic hydroxyl groups excluding tert-OH is 1. The quantitative estimate of drug-likeness (QED) is 0.822. The lowest BCUT2D eigenvalue weighted by Crippen LogP contribution is -2.00. The minimum Gasteiger partial charge on any atom is -0.396 e. The summed E-state index contributed by atoms with van der Waals surface area (Å²) in [5, 5.41) is 8.82. The number of hydrogen-bond donors (Lipinski definition) is 1. The molecule has 0 saturated carbocycles. The molecule has 0 radical (unpaired) electrons. The monoisotopic (exact) mass is 226 g/mol. The average Bonchev–Trinajstić information content (AvgIpc) is 2.38. The van der Waals surface area contributed by atoms with Gasteiger partial charge in [-0.1, -0.05) is 19.1 Å². The summed E-state index contributed by atoms with van der Waals surface area (Å²) in [4.78, 5) is 0.469. The molecule has 1 aromatic rings. The summed E-state index contributed by atoms with van der Waals surface area (Å²) >= 11 is 0. The number of hydrogen-bond acceptors (Lipinski definition) is 3. The normalized spacial score (nSPS) is 22.7. The van der Waals surface area contributed by atoms with E-state index in [4.69, 9.17) is 5.11 Å². The molecule has 0 fully saturated rings. The fourth-order valence-electron chi connectivity index (χ4n) is 2.06. The highest BCUT2D eigenvalue weighted by Crippen LogP contribution is 2.35. The van der Waals surface area contributed by atoms with Gasteiger partial charge in [-0.25, -0.2) is 8.42 Å². The van der Waals surface area contributed by atoms with Gasteiger partial charge in [0.15, 0.2) is 9.84 Å². The van der Waals surface area contributed by atoms with E-state index in [9.17, 15) is 8.42 Å². The summed E-state index contributed by atoms with van der Waals surface area (Å²) in [6.07, 6.45) is 0.583. The van der Waals surface area contributed by atoms with E-state index in [2.05, 4.69) is 0 Å². The van der Waals surface area contributed by atoms with Gasteiger partial charge in [0.1, 0.15) is 0 Å². The van der Waals surface area contributed by atoms with Crippen molar-refractivity contribution in [2.24, 2.45) is 0 Å². The predicted molar refractivity (Wildman–Crippen MR) is 57.7 cm³/mol. The number of aliphatic hydroxyl groups is 1. The Morgan fingerprint density at radius 1 is 1.47 bits per heavy atom. The SMILES string of the molecule is CC1CS(=O)(=O)c2ccc(CCO)cc21. The van der Waals surface area contributed by atoms with Crippen LogP contribution >= 0.6 is 0 Å². The minimum atomic E-state index is -3.05. The van der Waals surface area contributed by atoms with Crippen LogP contribution in [0.3, 0.4) is 0 Å². The van der Waals surface area contributed by atoms with Crippen LogP contribution in [-0.2, 0) is 16.3 Å². The van der Waals surface area contributed by atoms with E-state index in [1.54, 1.807) is 12.1 Å². The van der Waals surface area contributed by atoms with Gasteiger partial charge >= 0.3 is 0 Å². The van der Waals surface area contributed by atoms with Crippen LogP contribution in [-0.4, -0.2) is 25.9 Å². The van der Waals surface area contributed by atoms with Crippen molar-refractivity contribution in [1.82, 2.24) is 0 Å². The Morgan fingerprint density at radius 3 is 2.87 bits per heavy atom. The van der Waals surface area contributed by atoms with Gasteiger partial charge in [-0.3, -0.25) is 0 Å². The van der Waals surface area contributed by atoms with E-state index in [1.165, 1.54) is 0 Å². The smallest absolute Gasteiger partial charge is 0.179 e. The maximum Gasteiger partial charge on any atom is 0.179 e. The Balaban J connectivity index is 2.51. The van der Waals surface area contributed by atoms with Gasteiger partial charge in [0, 0.05) is 6.61 Å². The van der Waals surface area contributed by atoms with Crippen molar-refractivity contribution in [3.63, 3.8) is 0 Å². The first-order valence-corrected chi connectivity index (χ1v) is 6.66. The Hall–Kier alpha value is -0.870. The molecule has 0 spiro atoms. The predicted octanol–water partition coefficient (Wildman–Crippen LogP) is 1.11. The van der Waals surface area contributed by atoms with Crippen molar-refractivity contribution in [3.8, 4) is 0 Å². The van der Waals surface area contributed by atoms with E-state index in [-0.39, 0.29) is 18.3 Å². The van der Waals surface area contributed by atoms with Crippen molar-refractivity contribution in [3.05, 3.63) is 29.3 Å². The van der Waals surface area contributed by atoms with Crippen LogP contribution in [0.15, 0.2) is 23.1 Å². The molecule has 2 rings (SSSR count). The third kappa shape index (κ3) is 1.79. The van der Waals surface area contributed by atoms with Gasteiger partial charge < -0.3 is 5.11 Å². The lowest BCUT2D eigenvalue weighted by molar-refractivity contribution is 0.299. The van der Waals surface area contributed by atoms with E-state index in [0.717, 1.165) is 11.1 Å². The van der Waals surface area contributed by atoms with Gasteiger partial charge in [0.05, 0.1) is 10.6 Å². The Bertz CT molecular complexity index is 477. The second-order valence-corrected chi connectivity index (χ2v) is 6.03. The summed E-state index contributed by atoms with van der Waals surface area (Å²) < 4.78 is 23.4. The maximum atomic E-state index is 11.7. The molecule has 4 heteroatoms. The van der Waals surface area contributed by atoms with Crippen molar-refractivity contribution < 1.29 is 13.5 Å². The van der Waals surface area contributed by atoms with Crippen molar-refractivity contribution >= 4 is 9.84 Å². The lowest BCUT2D eigenvalue weighted by atomic mass is 10.00. The molecule has 0 saturated heterocycles. The van der Waals surface area contributed by atoms with Crippen LogP contribution < -0.4 is 0 Å². The number of rotatable bonds is 2. The van der Waals surface area contributed by atoms with Gasteiger partial charge in [0.2, 0.25) is 0 Å². The molecule has 1 aromatic carbocycles. The van der Waals surface area contributed by atoms with Crippen LogP contribution in [0, 0.1) is 0 Å². The Labute approximate surface area is 89.7 Å².